The Morgan fingerprint density at radius 3 is 2.41 bits per heavy atom. The van der Waals surface area contributed by atoms with Gasteiger partial charge in [0.2, 0.25) is 0 Å². The van der Waals surface area contributed by atoms with E-state index in [1.807, 2.05) is 27.7 Å². The normalized spacial score (nSPS) is 44.1. The summed E-state index contributed by atoms with van der Waals surface area (Å²) in [5.41, 5.74) is 0. The van der Waals surface area contributed by atoms with Crippen LogP contribution in [0.15, 0.2) is 0 Å². The van der Waals surface area contributed by atoms with Crippen molar-refractivity contribution in [3.8, 4) is 0 Å². The van der Waals surface area contributed by atoms with Crippen molar-refractivity contribution < 1.29 is 32.1 Å². The maximum atomic E-state index is 11.9. The Morgan fingerprint density at radius 2 is 1.82 bits per heavy atom. The van der Waals surface area contributed by atoms with E-state index in [1.54, 1.807) is 6.92 Å². The van der Waals surface area contributed by atoms with Gasteiger partial charge in [-0.15, -0.1) is 0 Å². The van der Waals surface area contributed by atoms with E-state index in [-0.39, 0.29) is 6.10 Å². The largest absolute Gasteiger partial charge is 0.348 e. The van der Waals surface area contributed by atoms with E-state index >= 15 is 0 Å². The Hall–Kier alpha value is -0.0900. The predicted molar refractivity (Wildman–Crippen MR) is 77.2 cm³/mol. The van der Waals surface area contributed by atoms with E-state index in [0.717, 1.165) is 0 Å². The first kappa shape index (κ1) is 16.8. The fourth-order valence-electron chi connectivity index (χ4n) is 2.98. The van der Waals surface area contributed by atoms with Gasteiger partial charge in [0.1, 0.15) is 24.4 Å². The van der Waals surface area contributed by atoms with Crippen molar-refractivity contribution in [1.82, 2.24) is 0 Å². The molecule has 0 aliphatic carbocycles. The average molecular weight is 336 g/mol. The monoisotopic (exact) mass is 336 g/mol. The van der Waals surface area contributed by atoms with E-state index in [1.165, 1.54) is 0 Å². The van der Waals surface area contributed by atoms with Crippen LogP contribution < -0.4 is 0 Å². The second kappa shape index (κ2) is 5.77. The van der Waals surface area contributed by atoms with Gasteiger partial charge in [0.25, 0.3) is 0 Å². The van der Waals surface area contributed by atoms with E-state index in [4.69, 9.17) is 27.9 Å². The molecule has 3 aliphatic heterocycles. The van der Waals surface area contributed by atoms with Gasteiger partial charge < -0.3 is 23.7 Å². The summed E-state index contributed by atoms with van der Waals surface area (Å²) in [5, 5.41) is 0. The number of hydrogen-bond acceptors (Lipinski definition) is 7. The van der Waals surface area contributed by atoms with Crippen molar-refractivity contribution >= 4 is 11.1 Å². The van der Waals surface area contributed by atoms with Crippen LogP contribution in [0, 0.1) is 0 Å². The van der Waals surface area contributed by atoms with Gasteiger partial charge in [-0.1, -0.05) is 6.92 Å². The molecule has 7 nitrogen and oxygen atoms in total. The third-order valence-corrected chi connectivity index (χ3v) is 4.79. The number of fused-ring (bicyclic) bond motifs is 1. The molecule has 22 heavy (non-hydrogen) atoms. The van der Waals surface area contributed by atoms with Crippen LogP contribution in [0.3, 0.4) is 0 Å². The van der Waals surface area contributed by atoms with Gasteiger partial charge in [0, 0.05) is 5.75 Å². The van der Waals surface area contributed by atoms with Crippen molar-refractivity contribution in [2.75, 3.05) is 12.4 Å². The lowest BCUT2D eigenvalue weighted by Gasteiger charge is -2.28. The minimum Gasteiger partial charge on any atom is -0.348 e. The summed E-state index contributed by atoms with van der Waals surface area (Å²) in [4.78, 5) is 0. The Morgan fingerprint density at radius 1 is 1.09 bits per heavy atom. The highest BCUT2D eigenvalue weighted by Gasteiger charge is 2.59. The first-order valence-electron chi connectivity index (χ1n) is 7.59. The van der Waals surface area contributed by atoms with Crippen molar-refractivity contribution in [3.05, 3.63) is 0 Å². The Kier molecular flexibility index (Phi) is 4.39. The molecule has 0 aromatic heterocycles. The average Bonchev–Trinajstić information content (AvgIpc) is 3.01. The van der Waals surface area contributed by atoms with Crippen LogP contribution in [0.25, 0.3) is 0 Å². The number of ether oxygens (including phenoxy) is 5. The lowest BCUT2D eigenvalue weighted by atomic mass is 10.1. The molecule has 3 fully saturated rings. The lowest BCUT2D eigenvalue weighted by molar-refractivity contribution is -0.230. The number of rotatable bonds is 4. The topological polar surface area (TPSA) is 72.5 Å². The maximum absolute atomic E-state index is 11.9. The summed E-state index contributed by atoms with van der Waals surface area (Å²) in [7, 11) is 0. The van der Waals surface area contributed by atoms with Gasteiger partial charge in [-0.25, -0.2) is 4.21 Å². The molecule has 128 valence electrons. The van der Waals surface area contributed by atoms with E-state index in [9.17, 15) is 4.21 Å². The highest BCUT2D eigenvalue weighted by molar-refractivity contribution is 7.80. The third kappa shape index (κ3) is 3.24. The van der Waals surface area contributed by atoms with Crippen LogP contribution >= 0.6 is 0 Å². The molecule has 3 heterocycles. The molecular weight excluding hydrogens is 312 g/mol. The van der Waals surface area contributed by atoms with Gasteiger partial charge in [0.05, 0.1) is 6.61 Å². The first-order chi connectivity index (χ1) is 10.2. The highest BCUT2D eigenvalue weighted by atomic mass is 32.2. The van der Waals surface area contributed by atoms with Crippen LogP contribution in [0.1, 0.15) is 34.6 Å². The first-order valence-corrected chi connectivity index (χ1v) is 8.83. The molecule has 0 unspecified atom stereocenters. The summed E-state index contributed by atoms with van der Waals surface area (Å²) in [6.45, 7) is 9.51. The summed E-state index contributed by atoms with van der Waals surface area (Å²) in [6.07, 6.45) is -2.25. The smallest absolute Gasteiger partial charge is 0.190 e. The van der Waals surface area contributed by atoms with Crippen LogP contribution in [-0.2, 0) is 38.9 Å². The van der Waals surface area contributed by atoms with Gasteiger partial charge in [-0.3, -0.25) is 4.18 Å². The van der Waals surface area contributed by atoms with Crippen LogP contribution in [0.2, 0.25) is 0 Å². The molecule has 0 saturated carbocycles. The van der Waals surface area contributed by atoms with Crippen molar-refractivity contribution in [3.63, 3.8) is 0 Å². The highest BCUT2D eigenvalue weighted by Crippen LogP contribution is 2.42. The second-order valence-corrected chi connectivity index (χ2v) is 7.97. The Balaban J connectivity index is 1.76. The molecular formula is C14H24O7S. The Labute approximate surface area is 133 Å². The summed E-state index contributed by atoms with van der Waals surface area (Å²) < 4.78 is 46.5. The zero-order valence-corrected chi connectivity index (χ0v) is 14.4. The van der Waals surface area contributed by atoms with E-state index in [0.29, 0.717) is 12.4 Å². The molecule has 6 atom stereocenters. The minimum absolute atomic E-state index is 0.310. The predicted octanol–water partition coefficient (Wildman–Crippen LogP) is 1.08. The molecule has 0 aromatic carbocycles. The van der Waals surface area contributed by atoms with Crippen LogP contribution in [0.4, 0.5) is 0 Å². The summed E-state index contributed by atoms with van der Waals surface area (Å²) >= 11 is -1.40. The molecule has 0 spiro atoms. The molecule has 3 saturated heterocycles. The van der Waals surface area contributed by atoms with E-state index < -0.39 is 47.3 Å². The number of hydrogen-bond donors (Lipinski definition) is 0. The summed E-state index contributed by atoms with van der Waals surface area (Å²) in [6, 6.07) is 0. The van der Waals surface area contributed by atoms with Crippen molar-refractivity contribution in [2.24, 2.45) is 0 Å². The third-order valence-electron chi connectivity index (χ3n) is 3.88. The zero-order chi connectivity index (χ0) is 16.1. The van der Waals surface area contributed by atoms with Crippen LogP contribution in [-0.4, -0.2) is 58.8 Å². The SMILES string of the molecule is CC[S@@](=O)O[C@@H]1[C@H]2OC(C)(C)O[C@H]2O[C@@H]1[C@H]1COC(C)(C)O1. The minimum atomic E-state index is -1.40. The molecule has 3 aliphatic rings. The lowest BCUT2D eigenvalue weighted by Crippen LogP contribution is -2.44. The fraction of sp³-hybridized carbons (Fsp3) is 1.00. The van der Waals surface area contributed by atoms with E-state index in [2.05, 4.69) is 0 Å². The van der Waals surface area contributed by atoms with Gasteiger partial charge >= 0.3 is 0 Å². The summed E-state index contributed by atoms with van der Waals surface area (Å²) in [5.74, 6) is -1.01. The molecule has 0 N–H and O–H groups in total. The quantitative estimate of drug-likeness (QED) is 0.761. The van der Waals surface area contributed by atoms with Gasteiger partial charge in [-0.2, -0.15) is 0 Å². The molecule has 0 bridgehead atoms. The molecule has 0 aromatic rings. The molecule has 8 heteroatoms. The second-order valence-electron chi connectivity index (χ2n) is 6.59. The van der Waals surface area contributed by atoms with Crippen LogP contribution in [0.5, 0.6) is 0 Å². The van der Waals surface area contributed by atoms with Gasteiger partial charge in [0.15, 0.2) is 28.9 Å². The Bertz CT molecular complexity index is 452. The zero-order valence-electron chi connectivity index (χ0n) is 13.6. The van der Waals surface area contributed by atoms with Crippen molar-refractivity contribution in [2.45, 2.75) is 76.9 Å². The van der Waals surface area contributed by atoms with Gasteiger partial charge in [-0.05, 0) is 27.7 Å². The molecule has 0 radical (unpaired) electrons. The maximum Gasteiger partial charge on any atom is 0.190 e. The van der Waals surface area contributed by atoms with Crippen molar-refractivity contribution in [1.29, 1.82) is 0 Å². The fourth-order valence-corrected chi connectivity index (χ4v) is 3.59. The standard InChI is InChI=1S/C14H24O7S/c1-6-22(15)21-10-9(8-7-16-13(2,3)18-8)17-12-11(10)19-14(4,5)20-12/h8-12H,6-7H2,1-5H3/t8-,9-,10+,11-,12-,22+/m1/s1. The molecule has 3 rings (SSSR count). The molecule has 0 amide bonds.